The first-order valence-electron chi connectivity index (χ1n) is 7.98. The Balaban J connectivity index is 1.80. The van der Waals surface area contributed by atoms with Crippen molar-refractivity contribution in [3.63, 3.8) is 0 Å². The average Bonchev–Trinajstić information content (AvgIpc) is 2.68. The minimum Gasteiger partial charge on any atom is -0.495 e. The highest BCUT2D eigenvalue weighted by Crippen LogP contribution is 2.28. The number of methoxy groups -OCH3 is 1. The second-order valence-corrected chi connectivity index (χ2v) is 6.01. The molecule has 3 rings (SSSR count). The molecule has 26 heavy (non-hydrogen) atoms. The average molecular weight is 368 g/mol. The third-order valence-corrected chi connectivity index (χ3v) is 4.17. The lowest BCUT2D eigenvalue weighted by Gasteiger charge is -2.17. The second kappa shape index (κ2) is 7.89. The Labute approximate surface area is 157 Å². The molecule has 5 nitrogen and oxygen atoms in total. The van der Waals surface area contributed by atoms with Gasteiger partial charge in [-0.05, 0) is 42.5 Å². The van der Waals surface area contributed by atoms with Crippen molar-refractivity contribution < 1.29 is 9.53 Å². The number of para-hydroxylation sites is 1. The monoisotopic (exact) mass is 367 g/mol. The summed E-state index contributed by atoms with van der Waals surface area (Å²) in [7, 11) is 3.31. The summed E-state index contributed by atoms with van der Waals surface area (Å²) in [5.74, 6) is 1.03. The highest BCUT2D eigenvalue weighted by atomic mass is 35.5. The molecule has 1 N–H and O–H groups in total. The van der Waals surface area contributed by atoms with E-state index in [9.17, 15) is 4.79 Å². The zero-order chi connectivity index (χ0) is 18.5. The number of hydrogen-bond donors (Lipinski definition) is 1. The molecule has 0 aliphatic carbocycles. The fraction of sp³-hybridized carbons (Fsp3) is 0.100. The molecule has 0 fully saturated rings. The van der Waals surface area contributed by atoms with Crippen molar-refractivity contribution in [1.82, 2.24) is 4.98 Å². The van der Waals surface area contributed by atoms with Crippen molar-refractivity contribution in [2.75, 3.05) is 24.4 Å². The van der Waals surface area contributed by atoms with E-state index >= 15 is 0 Å². The van der Waals surface area contributed by atoms with Gasteiger partial charge in [-0.3, -0.25) is 4.79 Å². The maximum Gasteiger partial charge on any atom is 0.258 e. The predicted molar refractivity (Wildman–Crippen MR) is 105 cm³/mol. The van der Waals surface area contributed by atoms with Gasteiger partial charge in [0.1, 0.15) is 11.6 Å². The van der Waals surface area contributed by atoms with Crippen molar-refractivity contribution in [1.29, 1.82) is 0 Å². The Morgan fingerprint density at radius 1 is 1.12 bits per heavy atom. The van der Waals surface area contributed by atoms with Gasteiger partial charge in [0.2, 0.25) is 0 Å². The van der Waals surface area contributed by atoms with Gasteiger partial charge in [0.25, 0.3) is 5.91 Å². The lowest BCUT2D eigenvalue weighted by molar-refractivity contribution is 0.0993. The van der Waals surface area contributed by atoms with Gasteiger partial charge in [0.05, 0.1) is 12.1 Å². The summed E-state index contributed by atoms with van der Waals surface area (Å²) in [6.07, 6.45) is 1.60. The Bertz CT molecular complexity index is 916. The van der Waals surface area contributed by atoms with Gasteiger partial charge in [0.15, 0.2) is 0 Å². The van der Waals surface area contributed by atoms with Crippen LogP contribution in [-0.4, -0.2) is 25.0 Å². The van der Waals surface area contributed by atoms with Gasteiger partial charge in [-0.1, -0.05) is 29.8 Å². The Kier molecular flexibility index (Phi) is 5.39. The number of carbonyl (C=O) groups is 1. The van der Waals surface area contributed by atoms with Crippen LogP contribution in [0.2, 0.25) is 5.02 Å². The maximum absolute atomic E-state index is 12.7. The fourth-order valence-corrected chi connectivity index (χ4v) is 2.74. The number of amides is 1. The number of rotatable bonds is 5. The van der Waals surface area contributed by atoms with E-state index in [0.717, 1.165) is 11.4 Å². The molecule has 1 aromatic heterocycles. The molecule has 0 aliphatic rings. The third-order valence-electron chi connectivity index (χ3n) is 3.88. The number of nitrogens with zero attached hydrogens (tertiary/aromatic N) is 2. The van der Waals surface area contributed by atoms with E-state index < -0.39 is 0 Å². The first-order valence-corrected chi connectivity index (χ1v) is 8.36. The zero-order valence-corrected chi connectivity index (χ0v) is 15.2. The van der Waals surface area contributed by atoms with Gasteiger partial charge in [0, 0.05) is 30.2 Å². The Morgan fingerprint density at radius 3 is 2.58 bits per heavy atom. The molecule has 0 atom stereocenters. The van der Waals surface area contributed by atoms with Crippen molar-refractivity contribution in [2.45, 2.75) is 0 Å². The minimum absolute atomic E-state index is 0.116. The Morgan fingerprint density at radius 2 is 1.88 bits per heavy atom. The standard InChI is InChI=1S/C20H18ClN3O2/c1-24(16-6-4-3-5-7-16)20(25)14-10-11-22-19(12-14)23-15-8-9-18(26-2)17(21)13-15/h3-13H,1-2H3,(H,22,23). The summed E-state index contributed by atoms with van der Waals surface area (Å²) in [4.78, 5) is 18.6. The highest BCUT2D eigenvalue weighted by molar-refractivity contribution is 6.32. The smallest absolute Gasteiger partial charge is 0.258 e. The first kappa shape index (κ1) is 17.8. The molecule has 3 aromatic rings. The summed E-state index contributed by atoms with van der Waals surface area (Å²) < 4.78 is 5.14. The molecule has 0 saturated carbocycles. The van der Waals surface area contributed by atoms with E-state index in [4.69, 9.17) is 16.3 Å². The lowest BCUT2D eigenvalue weighted by atomic mass is 10.2. The van der Waals surface area contributed by atoms with E-state index in [-0.39, 0.29) is 5.91 Å². The number of hydrogen-bond acceptors (Lipinski definition) is 4. The normalized spacial score (nSPS) is 10.3. The number of pyridine rings is 1. The number of nitrogens with one attached hydrogen (secondary N) is 1. The number of ether oxygens (including phenoxy) is 1. The van der Waals surface area contributed by atoms with Crippen LogP contribution in [-0.2, 0) is 0 Å². The SMILES string of the molecule is COc1ccc(Nc2cc(C(=O)N(C)c3ccccc3)ccn2)cc1Cl. The van der Waals surface area contributed by atoms with E-state index in [1.54, 1.807) is 49.5 Å². The molecule has 1 amide bonds. The van der Waals surface area contributed by atoms with Gasteiger partial charge < -0.3 is 15.0 Å². The van der Waals surface area contributed by atoms with E-state index in [1.165, 1.54) is 0 Å². The van der Waals surface area contributed by atoms with Gasteiger partial charge in [-0.15, -0.1) is 0 Å². The minimum atomic E-state index is -0.116. The van der Waals surface area contributed by atoms with Crippen LogP contribution in [0.25, 0.3) is 0 Å². The van der Waals surface area contributed by atoms with Gasteiger partial charge in [-0.2, -0.15) is 0 Å². The highest BCUT2D eigenvalue weighted by Gasteiger charge is 2.14. The molecule has 2 aromatic carbocycles. The first-order chi connectivity index (χ1) is 12.6. The fourth-order valence-electron chi connectivity index (χ4n) is 2.49. The maximum atomic E-state index is 12.7. The van der Waals surface area contributed by atoms with Gasteiger partial charge >= 0.3 is 0 Å². The molecule has 1 heterocycles. The molecule has 6 heteroatoms. The molecule has 0 radical (unpaired) electrons. The summed E-state index contributed by atoms with van der Waals surface area (Å²) in [6.45, 7) is 0. The summed E-state index contributed by atoms with van der Waals surface area (Å²) >= 11 is 6.14. The van der Waals surface area contributed by atoms with Gasteiger partial charge in [-0.25, -0.2) is 4.98 Å². The largest absolute Gasteiger partial charge is 0.495 e. The number of halogens is 1. The van der Waals surface area contributed by atoms with E-state index in [0.29, 0.717) is 22.2 Å². The Hall–Kier alpha value is -3.05. The van der Waals surface area contributed by atoms with Crippen molar-refractivity contribution in [3.05, 3.63) is 77.4 Å². The van der Waals surface area contributed by atoms with Crippen LogP contribution < -0.4 is 15.0 Å². The molecule has 0 unspecified atom stereocenters. The quantitative estimate of drug-likeness (QED) is 0.706. The van der Waals surface area contributed by atoms with Crippen LogP contribution >= 0.6 is 11.6 Å². The molecule has 132 valence electrons. The summed E-state index contributed by atoms with van der Waals surface area (Å²) in [6, 6.07) is 18.2. The molecular weight excluding hydrogens is 350 g/mol. The summed E-state index contributed by atoms with van der Waals surface area (Å²) in [5, 5.41) is 3.64. The number of benzene rings is 2. The molecule has 0 bridgehead atoms. The zero-order valence-electron chi connectivity index (χ0n) is 14.4. The van der Waals surface area contributed by atoms with Crippen molar-refractivity contribution >= 4 is 34.7 Å². The van der Waals surface area contributed by atoms with Crippen LogP contribution in [0.3, 0.4) is 0 Å². The molecular formula is C20H18ClN3O2. The number of anilines is 3. The van der Waals surface area contributed by atoms with Crippen LogP contribution in [0.1, 0.15) is 10.4 Å². The van der Waals surface area contributed by atoms with Crippen molar-refractivity contribution in [2.24, 2.45) is 0 Å². The van der Waals surface area contributed by atoms with Crippen LogP contribution in [0.5, 0.6) is 5.75 Å². The predicted octanol–water partition coefficient (Wildman–Crippen LogP) is 4.76. The second-order valence-electron chi connectivity index (χ2n) is 5.60. The molecule has 0 saturated heterocycles. The van der Waals surface area contributed by atoms with E-state index in [2.05, 4.69) is 10.3 Å². The van der Waals surface area contributed by atoms with E-state index in [1.807, 2.05) is 36.4 Å². The van der Waals surface area contributed by atoms with Crippen LogP contribution in [0.15, 0.2) is 66.9 Å². The molecule has 0 aliphatic heterocycles. The topological polar surface area (TPSA) is 54.5 Å². The molecule has 0 spiro atoms. The van der Waals surface area contributed by atoms with Crippen LogP contribution in [0, 0.1) is 0 Å². The van der Waals surface area contributed by atoms with Crippen LogP contribution in [0.4, 0.5) is 17.2 Å². The number of carbonyl (C=O) groups excluding carboxylic acids is 1. The lowest BCUT2D eigenvalue weighted by Crippen LogP contribution is -2.26. The van der Waals surface area contributed by atoms with Crippen molar-refractivity contribution in [3.8, 4) is 5.75 Å². The summed E-state index contributed by atoms with van der Waals surface area (Å²) in [5.41, 5.74) is 2.11. The third kappa shape index (κ3) is 3.95. The number of aromatic nitrogens is 1.